The van der Waals surface area contributed by atoms with Gasteiger partial charge in [-0.3, -0.25) is 4.79 Å². The largest absolute Gasteiger partial charge is 0.367 e. The van der Waals surface area contributed by atoms with Gasteiger partial charge in [-0.25, -0.2) is 8.42 Å². The van der Waals surface area contributed by atoms with E-state index >= 15 is 0 Å². The molecule has 1 atom stereocenters. The molecule has 0 saturated carbocycles. The van der Waals surface area contributed by atoms with Gasteiger partial charge in [0.15, 0.2) is 9.84 Å². The van der Waals surface area contributed by atoms with Crippen LogP contribution in [0.5, 0.6) is 0 Å². The highest BCUT2D eigenvalue weighted by atomic mass is 32.2. The Morgan fingerprint density at radius 1 is 1.53 bits per heavy atom. The second-order valence-corrected chi connectivity index (χ2v) is 7.22. The van der Waals surface area contributed by atoms with Crippen molar-refractivity contribution in [3.63, 3.8) is 0 Å². The molecule has 1 rings (SSSR count). The van der Waals surface area contributed by atoms with Crippen molar-refractivity contribution < 1.29 is 17.9 Å². The molecule has 2 N–H and O–H groups in total. The Bertz CT molecular complexity index is 391. The number of amides is 1. The molecule has 0 spiro atoms. The third kappa shape index (κ3) is 4.61. The summed E-state index contributed by atoms with van der Waals surface area (Å²) in [5.41, 5.74) is 5.04. The summed E-state index contributed by atoms with van der Waals surface area (Å²) in [6.07, 6.45) is 0.818. The number of carbonyl (C=O) groups is 1. The van der Waals surface area contributed by atoms with Crippen LogP contribution in [-0.2, 0) is 19.4 Å². The highest BCUT2D eigenvalue weighted by molar-refractivity contribution is 7.91. The zero-order valence-electron chi connectivity index (χ0n) is 10.5. The van der Waals surface area contributed by atoms with Crippen LogP contribution in [0.2, 0.25) is 0 Å². The Kier molecular flexibility index (Phi) is 4.16. The predicted molar refractivity (Wildman–Crippen MR) is 64.3 cm³/mol. The average Bonchev–Trinajstić information content (AvgIpc) is 2.12. The van der Waals surface area contributed by atoms with E-state index in [1.807, 2.05) is 13.8 Å². The van der Waals surface area contributed by atoms with E-state index in [-0.39, 0.29) is 12.0 Å². The van der Waals surface area contributed by atoms with Crippen molar-refractivity contribution in [2.45, 2.75) is 25.6 Å². The van der Waals surface area contributed by atoms with E-state index < -0.39 is 21.2 Å². The lowest BCUT2D eigenvalue weighted by molar-refractivity contribution is -0.157. The molecule has 6 nitrogen and oxygen atoms in total. The van der Waals surface area contributed by atoms with Crippen LogP contribution in [0.3, 0.4) is 0 Å². The van der Waals surface area contributed by atoms with Crippen molar-refractivity contribution in [2.24, 2.45) is 5.73 Å². The van der Waals surface area contributed by atoms with Crippen molar-refractivity contribution in [1.29, 1.82) is 0 Å². The van der Waals surface area contributed by atoms with Crippen LogP contribution < -0.4 is 5.73 Å². The molecule has 17 heavy (non-hydrogen) atoms. The van der Waals surface area contributed by atoms with E-state index in [4.69, 9.17) is 10.5 Å². The van der Waals surface area contributed by atoms with Crippen LogP contribution in [0.25, 0.3) is 0 Å². The molecule has 1 amide bonds. The minimum absolute atomic E-state index is 0.234. The smallest absolute Gasteiger partial charge is 0.237 e. The van der Waals surface area contributed by atoms with Gasteiger partial charge in [0.1, 0.15) is 5.75 Å². The van der Waals surface area contributed by atoms with Gasteiger partial charge in [0.25, 0.3) is 0 Å². The summed E-state index contributed by atoms with van der Waals surface area (Å²) in [5, 5.41) is 0. The quantitative estimate of drug-likeness (QED) is 0.706. The monoisotopic (exact) mass is 264 g/mol. The van der Waals surface area contributed by atoms with Crippen LogP contribution in [0.15, 0.2) is 0 Å². The van der Waals surface area contributed by atoms with E-state index in [9.17, 15) is 13.2 Å². The van der Waals surface area contributed by atoms with E-state index in [0.29, 0.717) is 19.6 Å². The lowest BCUT2D eigenvalue weighted by atomic mass is 10.1. The molecule has 0 aromatic rings. The number of nitrogens with zero attached hydrogens (tertiary/aromatic N) is 1. The fourth-order valence-corrected chi connectivity index (χ4v) is 2.56. The van der Waals surface area contributed by atoms with Crippen molar-refractivity contribution in [1.82, 2.24) is 4.90 Å². The standard InChI is InChI=1S/C10H20N2O4S/c1-10(2)7-12(5-8(4-11)16-10)9(13)6-17(3,14)15/h8H,4-7,11H2,1-3H3. The van der Waals surface area contributed by atoms with E-state index in [0.717, 1.165) is 6.26 Å². The second-order valence-electron chi connectivity index (χ2n) is 5.08. The van der Waals surface area contributed by atoms with Crippen LogP contribution in [0.1, 0.15) is 13.8 Å². The SMILES string of the molecule is CC1(C)CN(C(=O)CS(C)(=O)=O)CC(CN)O1. The summed E-state index contributed by atoms with van der Waals surface area (Å²) in [6, 6.07) is 0. The maximum Gasteiger partial charge on any atom is 0.237 e. The van der Waals surface area contributed by atoms with Gasteiger partial charge in [-0.15, -0.1) is 0 Å². The molecule has 0 aliphatic carbocycles. The first kappa shape index (κ1) is 14.4. The summed E-state index contributed by atoms with van der Waals surface area (Å²) >= 11 is 0. The Balaban J connectivity index is 2.73. The van der Waals surface area contributed by atoms with Gasteiger partial charge < -0.3 is 15.4 Å². The lowest BCUT2D eigenvalue weighted by Crippen LogP contribution is -2.57. The minimum atomic E-state index is -3.30. The molecule has 0 aromatic heterocycles. The number of rotatable bonds is 3. The van der Waals surface area contributed by atoms with Crippen LogP contribution in [-0.4, -0.2) is 62.6 Å². The summed E-state index contributed by atoms with van der Waals surface area (Å²) in [4.78, 5) is 13.3. The van der Waals surface area contributed by atoms with Crippen molar-refractivity contribution in [2.75, 3.05) is 31.6 Å². The van der Waals surface area contributed by atoms with Crippen molar-refractivity contribution >= 4 is 15.7 Å². The van der Waals surface area contributed by atoms with Crippen LogP contribution in [0, 0.1) is 0 Å². The zero-order valence-corrected chi connectivity index (χ0v) is 11.3. The number of ether oxygens (including phenoxy) is 1. The summed E-state index contributed by atoms with van der Waals surface area (Å²) in [6.45, 7) is 4.77. The van der Waals surface area contributed by atoms with E-state index in [1.165, 1.54) is 4.90 Å². The Hall–Kier alpha value is -0.660. The first-order chi connectivity index (χ1) is 7.63. The van der Waals surface area contributed by atoms with Gasteiger partial charge in [-0.2, -0.15) is 0 Å². The minimum Gasteiger partial charge on any atom is -0.367 e. The van der Waals surface area contributed by atoms with E-state index in [1.54, 1.807) is 0 Å². The lowest BCUT2D eigenvalue weighted by Gasteiger charge is -2.42. The molecule has 7 heteroatoms. The Labute approximate surface area is 102 Å². The van der Waals surface area contributed by atoms with Gasteiger partial charge in [0, 0.05) is 25.9 Å². The Morgan fingerprint density at radius 2 is 2.12 bits per heavy atom. The predicted octanol–water partition coefficient (Wildman–Crippen LogP) is -1.00. The zero-order chi connectivity index (χ0) is 13.3. The van der Waals surface area contributed by atoms with Gasteiger partial charge in [-0.1, -0.05) is 0 Å². The Morgan fingerprint density at radius 3 is 2.59 bits per heavy atom. The topological polar surface area (TPSA) is 89.7 Å². The molecule has 100 valence electrons. The molecule has 0 aromatic carbocycles. The third-order valence-electron chi connectivity index (χ3n) is 2.48. The molecule has 1 aliphatic rings. The summed E-state index contributed by atoms with van der Waals surface area (Å²) in [5.74, 6) is -0.845. The molecule has 0 radical (unpaired) electrons. The van der Waals surface area contributed by atoms with Crippen LogP contribution in [0.4, 0.5) is 0 Å². The number of hydrogen-bond donors (Lipinski definition) is 1. The van der Waals surface area contributed by atoms with Crippen molar-refractivity contribution in [3.05, 3.63) is 0 Å². The highest BCUT2D eigenvalue weighted by Gasteiger charge is 2.35. The number of nitrogens with two attached hydrogens (primary N) is 1. The molecular formula is C10H20N2O4S. The van der Waals surface area contributed by atoms with E-state index in [2.05, 4.69) is 0 Å². The third-order valence-corrected chi connectivity index (χ3v) is 3.25. The van der Waals surface area contributed by atoms with Gasteiger partial charge >= 0.3 is 0 Å². The normalized spacial score (nSPS) is 24.7. The average molecular weight is 264 g/mol. The number of hydrogen-bond acceptors (Lipinski definition) is 5. The summed E-state index contributed by atoms with van der Waals surface area (Å²) < 4.78 is 27.9. The maximum atomic E-state index is 11.8. The molecule has 1 heterocycles. The molecule has 1 unspecified atom stereocenters. The molecule has 1 saturated heterocycles. The number of carbonyl (C=O) groups excluding carboxylic acids is 1. The maximum absolute atomic E-state index is 11.8. The van der Waals surface area contributed by atoms with Crippen LogP contribution >= 0.6 is 0 Å². The van der Waals surface area contributed by atoms with Crippen molar-refractivity contribution in [3.8, 4) is 0 Å². The van der Waals surface area contributed by atoms with Gasteiger partial charge in [0.2, 0.25) is 5.91 Å². The highest BCUT2D eigenvalue weighted by Crippen LogP contribution is 2.20. The van der Waals surface area contributed by atoms with Gasteiger partial charge in [0.05, 0.1) is 11.7 Å². The second kappa shape index (κ2) is 4.91. The van der Waals surface area contributed by atoms with Gasteiger partial charge in [-0.05, 0) is 13.8 Å². The number of sulfone groups is 1. The number of morpholine rings is 1. The summed E-state index contributed by atoms with van der Waals surface area (Å²) in [7, 11) is -3.30. The molecule has 1 aliphatic heterocycles. The molecular weight excluding hydrogens is 244 g/mol. The molecule has 1 fully saturated rings. The first-order valence-corrected chi connectivity index (χ1v) is 7.52. The molecule has 0 bridgehead atoms. The first-order valence-electron chi connectivity index (χ1n) is 5.46. The fraction of sp³-hybridized carbons (Fsp3) is 0.900. The fourth-order valence-electron chi connectivity index (χ4n) is 1.92.